The zero-order chi connectivity index (χ0) is 17.0. The third-order valence-corrected chi connectivity index (χ3v) is 4.23. The maximum atomic E-state index is 12.9. The van der Waals surface area contributed by atoms with Crippen molar-refractivity contribution in [2.75, 3.05) is 13.1 Å². The molecule has 10 heteroatoms. The Hall–Kier alpha value is -1.32. The molecule has 22 heavy (non-hydrogen) atoms. The molecule has 0 aliphatic rings. The zero-order valence-corrected chi connectivity index (χ0v) is 13.1. The predicted molar refractivity (Wildman–Crippen MR) is 74.9 cm³/mol. The van der Waals surface area contributed by atoms with E-state index >= 15 is 0 Å². The van der Waals surface area contributed by atoms with Gasteiger partial charge < -0.3 is 5.32 Å². The van der Waals surface area contributed by atoms with Gasteiger partial charge in [-0.25, -0.2) is 13.1 Å². The van der Waals surface area contributed by atoms with E-state index in [-0.39, 0.29) is 5.02 Å². The van der Waals surface area contributed by atoms with E-state index in [9.17, 15) is 26.4 Å². The average Bonchev–Trinajstić information content (AvgIpc) is 2.41. The predicted octanol–water partition coefficient (Wildman–Crippen LogP) is 2.16. The molecule has 0 heterocycles. The fourth-order valence-electron chi connectivity index (χ4n) is 1.52. The van der Waals surface area contributed by atoms with E-state index in [0.717, 1.165) is 12.1 Å². The fraction of sp³-hybridized carbons (Fsp3) is 0.417. The molecule has 0 bridgehead atoms. The molecule has 0 unspecified atom stereocenters. The summed E-state index contributed by atoms with van der Waals surface area (Å²) in [6, 6.07) is 2.30. The lowest BCUT2D eigenvalue weighted by Gasteiger charge is -2.14. The molecule has 0 aromatic heterocycles. The molecule has 1 amide bonds. The van der Waals surface area contributed by atoms with Crippen LogP contribution in [-0.2, 0) is 21.0 Å². The van der Waals surface area contributed by atoms with Crippen molar-refractivity contribution < 1.29 is 26.4 Å². The summed E-state index contributed by atoms with van der Waals surface area (Å²) in [4.78, 5) is 10.4. The van der Waals surface area contributed by atoms with Gasteiger partial charge in [0.25, 0.3) is 0 Å². The van der Waals surface area contributed by atoms with Crippen LogP contribution in [0.5, 0.6) is 0 Å². The molecule has 1 aromatic carbocycles. The van der Waals surface area contributed by atoms with E-state index in [4.69, 9.17) is 11.6 Å². The van der Waals surface area contributed by atoms with Crippen molar-refractivity contribution in [2.24, 2.45) is 0 Å². The first-order valence-corrected chi connectivity index (χ1v) is 8.07. The summed E-state index contributed by atoms with van der Waals surface area (Å²) in [6.45, 7) is 1.49. The molecule has 1 aromatic rings. The zero-order valence-electron chi connectivity index (χ0n) is 11.5. The topological polar surface area (TPSA) is 75.3 Å². The lowest BCUT2D eigenvalue weighted by molar-refractivity contribution is -0.139. The Kier molecular flexibility index (Phi) is 6.21. The van der Waals surface area contributed by atoms with Crippen LogP contribution >= 0.6 is 11.6 Å². The summed E-state index contributed by atoms with van der Waals surface area (Å²) in [5.74, 6) is -0.632. The van der Waals surface area contributed by atoms with Crippen LogP contribution in [0.2, 0.25) is 5.02 Å². The van der Waals surface area contributed by atoms with Crippen molar-refractivity contribution in [3.8, 4) is 0 Å². The maximum Gasteiger partial charge on any atom is 0.417 e. The van der Waals surface area contributed by atoms with Crippen molar-refractivity contribution in [1.29, 1.82) is 0 Å². The molecule has 0 saturated heterocycles. The number of carbonyl (C=O) groups excluding carboxylic acids is 1. The number of benzene rings is 1. The highest BCUT2D eigenvalue weighted by Gasteiger charge is 2.37. The Labute approximate surface area is 130 Å². The molecule has 0 spiro atoms. The second kappa shape index (κ2) is 7.30. The largest absolute Gasteiger partial charge is 0.417 e. The second-order valence-electron chi connectivity index (χ2n) is 4.31. The van der Waals surface area contributed by atoms with Gasteiger partial charge in [0.2, 0.25) is 15.9 Å². The van der Waals surface area contributed by atoms with Crippen LogP contribution in [-0.4, -0.2) is 27.4 Å². The van der Waals surface area contributed by atoms with Gasteiger partial charge in [-0.1, -0.05) is 18.5 Å². The van der Waals surface area contributed by atoms with E-state index < -0.39 is 39.1 Å². The SMILES string of the molecule is CCCNC(=O)CNS(=O)(=O)c1ccc(Cl)cc1C(F)(F)F. The Morgan fingerprint density at radius 2 is 1.95 bits per heavy atom. The van der Waals surface area contributed by atoms with E-state index in [1.807, 2.05) is 4.72 Å². The van der Waals surface area contributed by atoms with Crippen LogP contribution < -0.4 is 10.0 Å². The monoisotopic (exact) mass is 358 g/mol. The molecule has 0 radical (unpaired) electrons. The third-order valence-electron chi connectivity index (χ3n) is 2.53. The Balaban J connectivity index is 3.01. The van der Waals surface area contributed by atoms with Crippen LogP contribution in [0.25, 0.3) is 0 Å². The summed E-state index contributed by atoms with van der Waals surface area (Å²) < 4.78 is 64.4. The highest BCUT2D eigenvalue weighted by atomic mass is 35.5. The molecule has 0 fully saturated rings. The minimum absolute atomic E-state index is 0.244. The smallest absolute Gasteiger partial charge is 0.355 e. The Bertz CT molecular complexity index is 648. The highest BCUT2D eigenvalue weighted by molar-refractivity contribution is 7.89. The van der Waals surface area contributed by atoms with Crippen LogP contribution in [0.4, 0.5) is 13.2 Å². The molecule has 124 valence electrons. The molecular weight excluding hydrogens is 345 g/mol. The van der Waals surface area contributed by atoms with Gasteiger partial charge in [-0.05, 0) is 24.6 Å². The van der Waals surface area contributed by atoms with E-state index in [1.54, 1.807) is 6.92 Å². The first-order valence-electron chi connectivity index (χ1n) is 6.21. The van der Waals surface area contributed by atoms with Crippen molar-refractivity contribution in [2.45, 2.75) is 24.4 Å². The van der Waals surface area contributed by atoms with Gasteiger partial charge in [0.1, 0.15) is 0 Å². The maximum absolute atomic E-state index is 12.9. The number of amides is 1. The van der Waals surface area contributed by atoms with E-state index in [0.29, 0.717) is 19.0 Å². The quantitative estimate of drug-likeness (QED) is 0.818. The fourth-order valence-corrected chi connectivity index (χ4v) is 2.88. The number of carbonyl (C=O) groups is 1. The van der Waals surface area contributed by atoms with Gasteiger partial charge in [-0.2, -0.15) is 13.2 Å². The van der Waals surface area contributed by atoms with Crippen LogP contribution in [0.1, 0.15) is 18.9 Å². The Morgan fingerprint density at radius 1 is 1.32 bits per heavy atom. The van der Waals surface area contributed by atoms with Crippen molar-refractivity contribution >= 4 is 27.5 Å². The van der Waals surface area contributed by atoms with Crippen LogP contribution in [0.15, 0.2) is 23.1 Å². The number of nitrogens with one attached hydrogen (secondary N) is 2. The van der Waals surface area contributed by atoms with Gasteiger partial charge in [0.15, 0.2) is 0 Å². The lowest BCUT2D eigenvalue weighted by Crippen LogP contribution is -2.37. The molecule has 0 aliphatic carbocycles. The van der Waals surface area contributed by atoms with Crippen LogP contribution in [0, 0.1) is 0 Å². The van der Waals surface area contributed by atoms with E-state index in [1.165, 1.54) is 0 Å². The molecular formula is C12H14ClF3N2O3S. The van der Waals surface area contributed by atoms with Gasteiger partial charge in [-0.3, -0.25) is 4.79 Å². The minimum Gasteiger partial charge on any atom is -0.355 e. The second-order valence-corrected chi connectivity index (χ2v) is 6.48. The highest BCUT2D eigenvalue weighted by Crippen LogP contribution is 2.35. The van der Waals surface area contributed by atoms with Crippen LogP contribution in [0.3, 0.4) is 0 Å². The molecule has 1 rings (SSSR count). The van der Waals surface area contributed by atoms with Crippen molar-refractivity contribution in [1.82, 2.24) is 10.0 Å². The van der Waals surface area contributed by atoms with Crippen molar-refractivity contribution in [3.63, 3.8) is 0 Å². The van der Waals surface area contributed by atoms with Gasteiger partial charge in [0.05, 0.1) is 17.0 Å². The molecule has 0 atom stereocenters. The number of sulfonamides is 1. The summed E-state index contributed by atoms with van der Waals surface area (Å²) in [6.07, 6.45) is -4.24. The molecule has 5 nitrogen and oxygen atoms in total. The Morgan fingerprint density at radius 3 is 2.50 bits per heavy atom. The molecule has 0 aliphatic heterocycles. The minimum atomic E-state index is -4.89. The standard InChI is InChI=1S/C12H14ClF3N2O3S/c1-2-5-17-11(19)7-18-22(20,21)10-4-3-8(13)6-9(10)12(14,15)16/h3-4,6,18H,2,5,7H2,1H3,(H,17,19). The van der Waals surface area contributed by atoms with Crippen molar-refractivity contribution in [3.05, 3.63) is 28.8 Å². The normalized spacial score (nSPS) is 12.2. The third kappa shape index (κ3) is 5.15. The first kappa shape index (κ1) is 18.7. The average molecular weight is 359 g/mol. The number of hydrogen-bond donors (Lipinski definition) is 2. The number of halogens is 4. The first-order chi connectivity index (χ1) is 10.1. The summed E-state index contributed by atoms with van der Waals surface area (Å²) in [5, 5.41) is 2.16. The number of alkyl halides is 3. The van der Waals surface area contributed by atoms with Gasteiger partial charge in [-0.15, -0.1) is 0 Å². The van der Waals surface area contributed by atoms with Gasteiger partial charge >= 0.3 is 6.18 Å². The number of rotatable bonds is 6. The summed E-state index contributed by atoms with van der Waals surface area (Å²) in [5.41, 5.74) is -1.39. The van der Waals surface area contributed by atoms with Gasteiger partial charge in [0, 0.05) is 11.6 Å². The number of hydrogen-bond acceptors (Lipinski definition) is 3. The lowest BCUT2D eigenvalue weighted by atomic mass is 10.2. The summed E-state index contributed by atoms with van der Waals surface area (Å²) in [7, 11) is -4.50. The summed E-state index contributed by atoms with van der Waals surface area (Å²) >= 11 is 5.48. The molecule has 2 N–H and O–H groups in total. The molecule has 0 saturated carbocycles. The van der Waals surface area contributed by atoms with E-state index in [2.05, 4.69) is 5.32 Å².